The maximum absolute atomic E-state index is 12.6. The molecule has 1 atom stereocenters. The van der Waals surface area contributed by atoms with E-state index in [1.165, 1.54) is 0 Å². The lowest BCUT2D eigenvalue weighted by Gasteiger charge is -2.18. The molecule has 1 saturated carbocycles. The number of carbonyl (C=O) groups is 2. The number of aryl methyl sites for hydroxylation is 2. The highest BCUT2D eigenvalue weighted by atomic mass is 16.5. The molecule has 0 saturated heterocycles. The molecule has 0 aliphatic heterocycles. The lowest BCUT2D eigenvalue weighted by Crippen LogP contribution is -2.33. The van der Waals surface area contributed by atoms with Crippen LogP contribution in [-0.4, -0.2) is 17.9 Å². The Hall–Kier alpha value is -2.62. The molecule has 1 unspecified atom stereocenters. The van der Waals surface area contributed by atoms with Crippen LogP contribution in [0, 0.1) is 13.8 Å². The molecule has 1 aliphatic rings. The summed E-state index contributed by atoms with van der Waals surface area (Å²) >= 11 is 0. The Morgan fingerprint density at radius 2 is 1.79 bits per heavy atom. The largest absolute Gasteiger partial charge is 0.444 e. The zero-order valence-electron chi connectivity index (χ0n) is 13.9. The SMILES string of the molecule is Cc1ccc(C(=O)OC(C(=O)NC2CC2)c2ccccc2)c(C)c1. The van der Waals surface area contributed by atoms with Crippen molar-refractivity contribution in [1.29, 1.82) is 0 Å². The molecule has 0 spiro atoms. The highest BCUT2D eigenvalue weighted by Crippen LogP contribution is 2.24. The zero-order chi connectivity index (χ0) is 17.1. The summed E-state index contributed by atoms with van der Waals surface area (Å²) < 4.78 is 5.58. The third-order valence-electron chi connectivity index (χ3n) is 4.09. The number of ether oxygens (including phenoxy) is 1. The average Bonchev–Trinajstić information content (AvgIpc) is 3.37. The van der Waals surface area contributed by atoms with Crippen LogP contribution < -0.4 is 5.32 Å². The van der Waals surface area contributed by atoms with Crippen molar-refractivity contribution in [1.82, 2.24) is 5.32 Å². The van der Waals surface area contributed by atoms with Gasteiger partial charge in [-0.25, -0.2) is 4.79 Å². The van der Waals surface area contributed by atoms with Gasteiger partial charge in [0.2, 0.25) is 6.10 Å². The summed E-state index contributed by atoms with van der Waals surface area (Å²) in [5.74, 6) is -0.742. The second-order valence-electron chi connectivity index (χ2n) is 6.30. The van der Waals surface area contributed by atoms with Gasteiger partial charge in [-0.15, -0.1) is 0 Å². The lowest BCUT2D eigenvalue weighted by molar-refractivity contribution is -0.130. The van der Waals surface area contributed by atoms with Crippen LogP contribution in [0.1, 0.15) is 46.0 Å². The van der Waals surface area contributed by atoms with E-state index < -0.39 is 12.1 Å². The molecule has 1 N–H and O–H groups in total. The minimum atomic E-state index is -0.931. The van der Waals surface area contributed by atoms with Crippen LogP contribution in [-0.2, 0) is 9.53 Å². The molecule has 0 bridgehead atoms. The average molecular weight is 323 g/mol. The Balaban J connectivity index is 1.82. The summed E-state index contributed by atoms with van der Waals surface area (Å²) in [4.78, 5) is 25.1. The van der Waals surface area contributed by atoms with Crippen molar-refractivity contribution in [2.45, 2.75) is 38.8 Å². The van der Waals surface area contributed by atoms with Crippen LogP contribution in [0.5, 0.6) is 0 Å². The molecule has 4 heteroatoms. The van der Waals surface area contributed by atoms with Crippen LogP contribution in [0.3, 0.4) is 0 Å². The third-order valence-corrected chi connectivity index (χ3v) is 4.09. The van der Waals surface area contributed by atoms with E-state index in [9.17, 15) is 9.59 Å². The van der Waals surface area contributed by atoms with Crippen molar-refractivity contribution in [3.8, 4) is 0 Å². The molecule has 0 heterocycles. The van der Waals surface area contributed by atoms with Gasteiger partial charge in [0.05, 0.1) is 5.56 Å². The topological polar surface area (TPSA) is 55.4 Å². The zero-order valence-corrected chi connectivity index (χ0v) is 13.9. The van der Waals surface area contributed by atoms with E-state index in [4.69, 9.17) is 4.74 Å². The first-order valence-corrected chi connectivity index (χ1v) is 8.18. The van der Waals surface area contributed by atoms with E-state index in [0.717, 1.165) is 24.0 Å². The molecule has 3 rings (SSSR count). The Morgan fingerprint density at radius 1 is 1.08 bits per heavy atom. The summed E-state index contributed by atoms with van der Waals surface area (Å²) in [6, 6.07) is 14.9. The van der Waals surface area contributed by atoms with Crippen molar-refractivity contribution in [2.75, 3.05) is 0 Å². The summed E-state index contributed by atoms with van der Waals surface area (Å²) in [7, 11) is 0. The molecule has 2 aromatic carbocycles. The molecule has 1 amide bonds. The highest BCUT2D eigenvalue weighted by Gasteiger charge is 2.31. The lowest BCUT2D eigenvalue weighted by atomic mass is 10.1. The van der Waals surface area contributed by atoms with Gasteiger partial charge in [-0.2, -0.15) is 0 Å². The number of rotatable bonds is 5. The Kier molecular flexibility index (Phi) is 4.65. The van der Waals surface area contributed by atoms with Crippen LogP contribution in [0.25, 0.3) is 0 Å². The quantitative estimate of drug-likeness (QED) is 0.857. The van der Waals surface area contributed by atoms with Gasteiger partial charge in [-0.05, 0) is 38.3 Å². The van der Waals surface area contributed by atoms with E-state index in [2.05, 4.69) is 5.32 Å². The number of benzene rings is 2. The Bertz CT molecular complexity index is 751. The molecule has 4 nitrogen and oxygen atoms in total. The van der Waals surface area contributed by atoms with Gasteiger partial charge in [0, 0.05) is 11.6 Å². The molecular weight excluding hydrogens is 302 g/mol. The molecular formula is C20H21NO3. The van der Waals surface area contributed by atoms with Gasteiger partial charge < -0.3 is 10.1 Å². The number of amides is 1. The summed E-state index contributed by atoms with van der Waals surface area (Å²) in [5.41, 5.74) is 3.08. The first kappa shape index (κ1) is 16.2. The normalized spacial score (nSPS) is 14.8. The van der Waals surface area contributed by atoms with E-state index >= 15 is 0 Å². The van der Waals surface area contributed by atoms with Crippen LogP contribution in [0.4, 0.5) is 0 Å². The van der Waals surface area contributed by atoms with Gasteiger partial charge in [0.25, 0.3) is 5.91 Å². The molecule has 1 fully saturated rings. The fourth-order valence-electron chi connectivity index (χ4n) is 2.62. The fraction of sp³-hybridized carbons (Fsp3) is 0.300. The number of hydrogen-bond acceptors (Lipinski definition) is 3. The molecule has 124 valence electrons. The van der Waals surface area contributed by atoms with Gasteiger partial charge in [0.1, 0.15) is 0 Å². The summed E-state index contributed by atoms with van der Waals surface area (Å²) in [6.45, 7) is 3.84. The maximum Gasteiger partial charge on any atom is 0.339 e. The molecule has 0 radical (unpaired) electrons. The van der Waals surface area contributed by atoms with Crippen molar-refractivity contribution in [3.63, 3.8) is 0 Å². The standard InChI is InChI=1S/C20H21NO3/c1-13-8-11-17(14(2)12-13)20(23)24-18(15-6-4-3-5-7-15)19(22)21-16-9-10-16/h3-8,11-12,16,18H,9-10H2,1-2H3,(H,21,22). The fourth-order valence-corrected chi connectivity index (χ4v) is 2.62. The van der Waals surface area contributed by atoms with Gasteiger partial charge >= 0.3 is 5.97 Å². The predicted octanol–water partition coefficient (Wildman–Crippen LogP) is 3.48. The number of hydrogen-bond donors (Lipinski definition) is 1. The van der Waals surface area contributed by atoms with Crippen LogP contribution in [0.15, 0.2) is 48.5 Å². The maximum atomic E-state index is 12.6. The Labute approximate surface area is 141 Å². The van der Waals surface area contributed by atoms with E-state index in [1.54, 1.807) is 18.2 Å². The van der Waals surface area contributed by atoms with Gasteiger partial charge in [-0.3, -0.25) is 4.79 Å². The second-order valence-corrected chi connectivity index (χ2v) is 6.30. The number of carbonyl (C=O) groups excluding carboxylic acids is 2. The summed E-state index contributed by atoms with van der Waals surface area (Å²) in [6.07, 6.45) is 1.04. The van der Waals surface area contributed by atoms with Crippen molar-refractivity contribution >= 4 is 11.9 Å². The van der Waals surface area contributed by atoms with E-state index in [0.29, 0.717) is 11.1 Å². The van der Waals surface area contributed by atoms with Crippen molar-refractivity contribution in [3.05, 3.63) is 70.8 Å². The predicted molar refractivity (Wildman–Crippen MR) is 91.7 cm³/mol. The van der Waals surface area contributed by atoms with Crippen LogP contribution >= 0.6 is 0 Å². The molecule has 2 aromatic rings. The monoisotopic (exact) mass is 323 g/mol. The van der Waals surface area contributed by atoms with E-state index in [-0.39, 0.29) is 11.9 Å². The minimum Gasteiger partial charge on any atom is -0.444 e. The number of nitrogens with one attached hydrogen (secondary N) is 1. The summed E-state index contributed by atoms with van der Waals surface area (Å²) in [5, 5.41) is 2.92. The Morgan fingerprint density at radius 3 is 2.42 bits per heavy atom. The first-order valence-electron chi connectivity index (χ1n) is 8.18. The molecule has 0 aromatic heterocycles. The van der Waals surface area contributed by atoms with Crippen molar-refractivity contribution < 1.29 is 14.3 Å². The second kappa shape index (κ2) is 6.87. The smallest absolute Gasteiger partial charge is 0.339 e. The molecule has 1 aliphatic carbocycles. The molecule has 24 heavy (non-hydrogen) atoms. The highest BCUT2D eigenvalue weighted by molar-refractivity contribution is 5.94. The minimum absolute atomic E-state index is 0.212. The van der Waals surface area contributed by atoms with E-state index in [1.807, 2.05) is 44.2 Å². The van der Waals surface area contributed by atoms with Gasteiger partial charge in [-0.1, -0.05) is 48.0 Å². The van der Waals surface area contributed by atoms with Crippen LogP contribution in [0.2, 0.25) is 0 Å². The van der Waals surface area contributed by atoms with Crippen molar-refractivity contribution in [2.24, 2.45) is 0 Å². The first-order chi connectivity index (χ1) is 11.5. The number of esters is 1. The van der Waals surface area contributed by atoms with Gasteiger partial charge in [0.15, 0.2) is 0 Å². The third kappa shape index (κ3) is 3.82.